The molecular formula is C18H24F2N2OS. The molecule has 3 rings (SSSR count). The zero-order chi connectivity index (χ0) is 17.5. The number of nitrogens with one attached hydrogen (secondary N) is 1. The summed E-state index contributed by atoms with van der Waals surface area (Å²) in [6.45, 7) is 5.18. The molecule has 1 aliphatic carbocycles. The molecule has 1 aliphatic heterocycles. The van der Waals surface area contributed by atoms with Gasteiger partial charge in [0.25, 0.3) is 0 Å². The maximum Gasteiger partial charge on any atom is 0.387 e. The standard InChI is InChI=1S/C18H24F2N2OS/c1-17(2)8-13-9-18(3,10-17)11-22(13)16(24)21-12-4-6-14(7-5-12)23-15(19)20/h4-7,13,15H,8-11H2,1-3H3,(H,21,24). The third-order valence-corrected chi connectivity index (χ3v) is 5.34. The van der Waals surface area contributed by atoms with Crippen LogP contribution in [0.15, 0.2) is 24.3 Å². The summed E-state index contributed by atoms with van der Waals surface area (Å²) in [4.78, 5) is 2.30. The van der Waals surface area contributed by atoms with Gasteiger partial charge in [-0.05, 0) is 66.6 Å². The Morgan fingerprint density at radius 3 is 2.54 bits per heavy atom. The molecule has 6 heteroatoms. The molecule has 2 bridgehead atoms. The van der Waals surface area contributed by atoms with E-state index in [2.05, 4.69) is 35.7 Å². The van der Waals surface area contributed by atoms with Gasteiger partial charge in [0.05, 0.1) is 0 Å². The van der Waals surface area contributed by atoms with Crippen molar-refractivity contribution in [1.29, 1.82) is 0 Å². The quantitative estimate of drug-likeness (QED) is 0.782. The second kappa shape index (κ2) is 6.14. The average molecular weight is 354 g/mol. The van der Waals surface area contributed by atoms with Gasteiger partial charge in [-0.25, -0.2) is 0 Å². The van der Waals surface area contributed by atoms with Crippen LogP contribution >= 0.6 is 12.2 Å². The summed E-state index contributed by atoms with van der Waals surface area (Å²) < 4.78 is 28.7. The van der Waals surface area contributed by atoms with E-state index in [1.807, 2.05) is 0 Å². The molecule has 0 amide bonds. The Kier molecular flexibility index (Phi) is 4.45. The van der Waals surface area contributed by atoms with Gasteiger partial charge >= 0.3 is 6.61 Å². The Bertz CT molecular complexity index is 620. The van der Waals surface area contributed by atoms with Crippen LogP contribution in [0.5, 0.6) is 5.75 Å². The Balaban J connectivity index is 1.65. The highest BCUT2D eigenvalue weighted by molar-refractivity contribution is 7.80. The molecule has 1 saturated heterocycles. The van der Waals surface area contributed by atoms with Crippen molar-refractivity contribution in [3.63, 3.8) is 0 Å². The number of anilines is 1. The number of hydrogen-bond acceptors (Lipinski definition) is 2. The zero-order valence-electron chi connectivity index (χ0n) is 14.3. The van der Waals surface area contributed by atoms with Gasteiger partial charge in [0.2, 0.25) is 0 Å². The second-order valence-electron chi connectivity index (χ2n) is 8.17. The van der Waals surface area contributed by atoms with E-state index in [-0.39, 0.29) is 5.75 Å². The van der Waals surface area contributed by atoms with Crippen LogP contribution in [-0.4, -0.2) is 29.2 Å². The summed E-state index contributed by atoms with van der Waals surface area (Å²) in [5.41, 5.74) is 1.44. The largest absolute Gasteiger partial charge is 0.435 e. The Morgan fingerprint density at radius 2 is 1.92 bits per heavy atom. The highest BCUT2D eigenvalue weighted by Crippen LogP contribution is 2.52. The van der Waals surface area contributed by atoms with Gasteiger partial charge in [0, 0.05) is 18.3 Å². The SMILES string of the molecule is CC1(C)CC2CC(C)(CN2C(=S)Nc2ccc(OC(F)F)cc2)C1. The zero-order valence-corrected chi connectivity index (χ0v) is 15.1. The van der Waals surface area contributed by atoms with Gasteiger partial charge in [0.1, 0.15) is 5.75 Å². The maximum absolute atomic E-state index is 12.2. The van der Waals surface area contributed by atoms with Crippen molar-refractivity contribution in [2.75, 3.05) is 11.9 Å². The van der Waals surface area contributed by atoms with Crippen LogP contribution in [0.4, 0.5) is 14.5 Å². The minimum absolute atomic E-state index is 0.146. The number of alkyl halides is 2. The van der Waals surface area contributed by atoms with Crippen LogP contribution in [0.1, 0.15) is 40.0 Å². The number of hydrogen-bond donors (Lipinski definition) is 1. The van der Waals surface area contributed by atoms with Crippen LogP contribution < -0.4 is 10.1 Å². The van der Waals surface area contributed by atoms with E-state index in [0.29, 0.717) is 22.0 Å². The first-order valence-electron chi connectivity index (χ1n) is 8.28. The minimum atomic E-state index is -2.81. The molecule has 0 aromatic heterocycles. The highest BCUT2D eigenvalue weighted by Gasteiger charge is 2.50. The lowest BCUT2D eigenvalue weighted by molar-refractivity contribution is -0.0498. The smallest absolute Gasteiger partial charge is 0.387 e. The molecule has 1 heterocycles. The second-order valence-corrected chi connectivity index (χ2v) is 8.56. The van der Waals surface area contributed by atoms with Gasteiger partial charge in [-0.2, -0.15) is 8.78 Å². The Hall–Kier alpha value is -1.43. The molecule has 3 nitrogen and oxygen atoms in total. The Morgan fingerprint density at radius 1 is 1.25 bits per heavy atom. The molecule has 1 saturated carbocycles. The number of halogens is 2. The van der Waals surface area contributed by atoms with Crippen molar-refractivity contribution < 1.29 is 13.5 Å². The van der Waals surface area contributed by atoms with Gasteiger partial charge < -0.3 is 15.0 Å². The first-order valence-corrected chi connectivity index (χ1v) is 8.69. The van der Waals surface area contributed by atoms with Gasteiger partial charge in [0.15, 0.2) is 5.11 Å². The van der Waals surface area contributed by atoms with E-state index >= 15 is 0 Å². The lowest BCUT2D eigenvalue weighted by atomic mass is 9.65. The minimum Gasteiger partial charge on any atom is -0.435 e. The summed E-state index contributed by atoms with van der Waals surface area (Å²) >= 11 is 5.61. The van der Waals surface area contributed by atoms with Crippen LogP contribution in [0.3, 0.4) is 0 Å². The average Bonchev–Trinajstić information content (AvgIpc) is 2.69. The predicted molar refractivity (Wildman–Crippen MR) is 95.5 cm³/mol. The fourth-order valence-corrected chi connectivity index (χ4v) is 4.94. The molecule has 2 unspecified atom stereocenters. The summed E-state index contributed by atoms with van der Waals surface area (Å²) in [5.74, 6) is 0.146. The molecular weight excluding hydrogens is 330 g/mol. The number of rotatable bonds is 3. The molecule has 2 aliphatic rings. The lowest BCUT2D eigenvalue weighted by Crippen LogP contribution is -2.39. The molecule has 1 aromatic carbocycles. The summed E-state index contributed by atoms with van der Waals surface area (Å²) in [6, 6.07) is 6.92. The highest BCUT2D eigenvalue weighted by atomic mass is 32.1. The van der Waals surface area contributed by atoms with E-state index in [1.165, 1.54) is 25.0 Å². The van der Waals surface area contributed by atoms with Crippen molar-refractivity contribution in [2.24, 2.45) is 10.8 Å². The number of thiocarbonyl (C=S) groups is 1. The van der Waals surface area contributed by atoms with E-state index in [9.17, 15) is 8.78 Å². The van der Waals surface area contributed by atoms with Crippen LogP contribution in [-0.2, 0) is 0 Å². The fourth-order valence-electron chi connectivity index (χ4n) is 4.61. The molecule has 0 radical (unpaired) electrons. The molecule has 24 heavy (non-hydrogen) atoms. The number of benzene rings is 1. The number of likely N-dealkylation sites (tertiary alicyclic amines) is 1. The fraction of sp³-hybridized carbons (Fsp3) is 0.611. The molecule has 1 aromatic rings. The molecule has 2 atom stereocenters. The van der Waals surface area contributed by atoms with Crippen molar-refractivity contribution in [1.82, 2.24) is 4.90 Å². The topological polar surface area (TPSA) is 24.5 Å². The third-order valence-electron chi connectivity index (χ3n) is 5.01. The van der Waals surface area contributed by atoms with Gasteiger partial charge in [-0.15, -0.1) is 0 Å². The summed E-state index contributed by atoms with van der Waals surface area (Å²) in [6.07, 6.45) is 3.54. The van der Waals surface area contributed by atoms with Crippen LogP contribution in [0.25, 0.3) is 0 Å². The van der Waals surface area contributed by atoms with E-state index in [1.54, 1.807) is 12.1 Å². The maximum atomic E-state index is 12.2. The van der Waals surface area contributed by atoms with Crippen molar-refractivity contribution in [3.05, 3.63) is 24.3 Å². The van der Waals surface area contributed by atoms with E-state index in [4.69, 9.17) is 12.2 Å². The first-order chi connectivity index (χ1) is 11.2. The van der Waals surface area contributed by atoms with E-state index in [0.717, 1.165) is 18.7 Å². The molecule has 132 valence electrons. The number of ether oxygens (including phenoxy) is 1. The normalized spacial score (nSPS) is 28.1. The summed E-state index contributed by atoms with van der Waals surface area (Å²) in [7, 11) is 0. The first kappa shape index (κ1) is 17.4. The lowest BCUT2D eigenvalue weighted by Gasteiger charge is -2.39. The van der Waals surface area contributed by atoms with Gasteiger partial charge in [-0.3, -0.25) is 0 Å². The summed E-state index contributed by atoms with van der Waals surface area (Å²) in [5, 5.41) is 3.95. The Labute approximate surface area is 147 Å². The number of fused-ring (bicyclic) bond motifs is 2. The van der Waals surface area contributed by atoms with Crippen LogP contribution in [0.2, 0.25) is 0 Å². The van der Waals surface area contributed by atoms with Gasteiger partial charge in [-0.1, -0.05) is 20.8 Å². The van der Waals surface area contributed by atoms with Crippen molar-refractivity contribution in [2.45, 2.75) is 52.7 Å². The molecule has 2 fully saturated rings. The van der Waals surface area contributed by atoms with Crippen LogP contribution in [0, 0.1) is 10.8 Å². The number of nitrogens with zero attached hydrogens (tertiary/aromatic N) is 1. The van der Waals surface area contributed by atoms with E-state index < -0.39 is 6.61 Å². The van der Waals surface area contributed by atoms with Crippen molar-refractivity contribution in [3.8, 4) is 5.75 Å². The van der Waals surface area contributed by atoms with Crippen molar-refractivity contribution >= 4 is 23.0 Å². The predicted octanol–water partition coefficient (Wildman–Crippen LogP) is 4.89. The third kappa shape index (κ3) is 3.79. The monoisotopic (exact) mass is 354 g/mol. The molecule has 0 spiro atoms. The molecule has 1 N–H and O–H groups in total.